The summed E-state index contributed by atoms with van der Waals surface area (Å²) in [4.78, 5) is 0. The fourth-order valence-electron chi connectivity index (χ4n) is 5.00. The second-order valence-corrected chi connectivity index (χ2v) is 8.71. The molecule has 2 saturated carbocycles. The smallest absolute Gasteiger partial charge is 0.194 e. The van der Waals surface area contributed by atoms with Gasteiger partial charge in [-0.25, -0.2) is 13.2 Å². The zero-order valence-electron chi connectivity index (χ0n) is 16.5. The zero-order valence-corrected chi connectivity index (χ0v) is 16.5. The molecule has 27 heavy (non-hydrogen) atoms. The van der Waals surface area contributed by atoms with E-state index in [9.17, 15) is 13.2 Å². The monoisotopic (exact) mass is 378 g/mol. The van der Waals surface area contributed by atoms with Crippen molar-refractivity contribution in [3.05, 3.63) is 47.3 Å². The molecule has 0 unspecified atom stereocenters. The van der Waals surface area contributed by atoms with E-state index in [4.69, 9.17) is 0 Å². The highest BCUT2D eigenvalue weighted by molar-refractivity contribution is 5.23. The van der Waals surface area contributed by atoms with Crippen LogP contribution in [-0.2, 0) is 0 Å². The van der Waals surface area contributed by atoms with Gasteiger partial charge in [-0.15, -0.1) is 0 Å². The van der Waals surface area contributed by atoms with Crippen LogP contribution in [0.15, 0.2) is 24.3 Å². The van der Waals surface area contributed by atoms with E-state index in [-0.39, 0.29) is 5.92 Å². The minimum atomic E-state index is -1.36. The van der Waals surface area contributed by atoms with Crippen LogP contribution in [0.4, 0.5) is 13.2 Å². The SMILES string of the molecule is CCC1CCC(/C=C/CCC2CCC(c3cc(F)c(F)c(F)c3)CC2)CC1. The molecule has 1 aromatic rings. The Labute approximate surface area is 162 Å². The maximum absolute atomic E-state index is 13.4. The average molecular weight is 379 g/mol. The van der Waals surface area contributed by atoms with Crippen molar-refractivity contribution < 1.29 is 13.2 Å². The van der Waals surface area contributed by atoms with E-state index >= 15 is 0 Å². The number of benzene rings is 1. The molecule has 0 spiro atoms. The van der Waals surface area contributed by atoms with Crippen molar-refractivity contribution in [1.82, 2.24) is 0 Å². The summed E-state index contributed by atoms with van der Waals surface area (Å²) in [5, 5.41) is 0. The third-order valence-electron chi connectivity index (χ3n) is 6.94. The first kappa shape index (κ1) is 20.5. The molecular weight excluding hydrogens is 345 g/mol. The molecule has 3 heteroatoms. The Morgan fingerprint density at radius 1 is 0.852 bits per heavy atom. The first-order valence-electron chi connectivity index (χ1n) is 10.9. The van der Waals surface area contributed by atoms with Gasteiger partial charge < -0.3 is 0 Å². The van der Waals surface area contributed by atoms with Crippen molar-refractivity contribution >= 4 is 0 Å². The fourth-order valence-corrected chi connectivity index (χ4v) is 5.00. The lowest BCUT2D eigenvalue weighted by atomic mass is 9.77. The largest absolute Gasteiger partial charge is 0.204 e. The van der Waals surface area contributed by atoms with Crippen LogP contribution in [0.1, 0.15) is 89.0 Å². The molecule has 0 bridgehead atoms. The number of halogens is 3. The second kappa shape index (κ2) is 9.80. The van der Waals surface area contributed by atoms with Gasteiger partial charge in [0.1, 0.15) is 0 Å². The molecule has 1 aromatic carbocycles. The molecule has 0 nitrogen and oxygen atoms in total. The standard InChI is InChI=1S/C24H33F3/c1-2-17-7-9-18(10-8-17)5-3-4-6-19-11-13-20(14-12-19)21-15-22(25)24(27)23(26)16-21/h3,5,15-20H,2,4,6-14H2,1H3/b5-3+. The Morgan fingerprint density at radius 2 is 1.44 bits per heavy atom. The molecule has 3 rings (SSSR count). The molecule has 0 N–H and O–H groups in total. The van der Waals surface area contributed by atoms with Crippen LogP contribution in [0.3, 0.4) is 0 Å². The third kappa shape index (κ3) is 5.62. The van der Waals surface area contributed by atoms with Gasteiger partial charge in [-0.1, -0.05) is 25.5 Å². The maximum Gasteiger partial charge on any atom is 0.194 e. The number of hydrogen-bond acceptors (Lipinski definition) is 0. The van der Waals surface area contributed by atoms with Crippen LogP contribution < -0.4 is 0 Å². The van der Waals surface area contributed by atoms with E-state index in [0.29, 0.717) is 11.5 Å². The van der Waals surface area contributed by atoms with Gasteiger partial charge in [0.05, 0.1) is 0 Å². The minimum absolute atomic E-state index is 0.162. The van der Waals surface area contributed by atoms with Gasteiger partial charge in [0.2, 0.25) is 0 Å². The molecule has 0 amide bonds. The third-order valence-corrected chi connectivity index (χ3v) is 6.94. The van der Waals surface area contributed by atoms with E-state index in [1.807, 2.05) is 0 Å². The van der Waals surface area contributed by atoms with Gasteiger partial charge in [-0.3, -0.25) is 0 Å². The Bertz CT molecular complexity index is 598. The fraction of sp³-hybridized carbons (Fsp3) is 0.667. The lowest BCUT2D eigenvalue weighted by Gasteiger charge is -2.29. The first-order chi connectivity index (χ1) is 13.1. The first-order valence-corrected chi connectivity index (χ1v) is 10.9. The van der Waals surface area contributed by atoms with Crippen molar-refractivity contribution in [2.24, 2.45) is 17.8 Å². The Balaban J connectivity index is 1.38. The van der Waals surface area contributed by atoms with Gasteiger partial charge >= 0.3 is 0 Å². The summed E-state index contributed by atoms with van der Waals surface area (Å²) in [6, 6.07) is 2.36. The molecule has 150 valence electrons. The van der Waals surface area contributed by atoms with Crippen LogP contribution in [0.2, 0.25) is 0 Å². The van der Waals surface area contributed by atoms with Gasteiger partial charge in [-0.2, -0.15) is 0 Å². The van der Waals surface area contributed by atoms with E-state index in [1.54, 1.807) is 0 Å². The normalized spacial score (nSPS) is 29.3. The van der Waals surface area contributed by atoms with Crippen LogP contribution in [0, 0.1) is 35.2 Å². The molecule has 0 aromatic heterocycles. The van der Waals surface area contributed by atoms with Gasteiger partial charge in [0, 0.05) is 0 Å². The number of hydrogen-bond donors (Lipinski definition) is 0. The topological polar surface area (TPSA) is 0 Å². The highest BCUT2D eigenvalue weighted by atomic mass is 19.2. The van der Waals surface area contributed by atoms with E-state index in [2.05, 4.69) is 19.1 Å². The molecule has 0 aliphatic heterocycles. The zero-order chi connectivity index (χ0) is 19.2. The molecule has 0 atom stereocenters. The van der Waals surface area contributed by atoms with Gasteiger partial charge in [0.25, 0.3) is 0 Å². The summed E-state index contributed by atoms with van der Waals surface area (Å²) in [6.45, 7) is 2.30. The number of allylic oxidation sites excluding steroid dienone is 2. The van der Waals surface area contributed by atoms with E-state index in [1.165, 1.54) is 50.7 Å². The lowest BCUT2D eigenvalue weighted by Crippen LogP contribution is -2.14. The van der Waals surface area contributed by atoms with Crippen molar-refractivity contribution in [2.75, 3.05) is 0 Å². The second-order valence-electron chi connectivity index (χ2n) is 8.71. The Kier molecular flexibility index (Phi) is 7.43. The quantitative estimate of drug-likeness (QED) is 0.348. The highest BCUT2D eigenvalue weighted by Gasteiger charge is 2.24. The molecule has 0 heterocycles. The van der Waals surface area contributed by atoms with Gasteiger partial charge in [0.15, 0.2) is 17.5 Å². The van der Waals surface area contributed by atoms with Gasteiger partial charge in [-0.05, 0) is 106 Å². The van der Waals surface area contributed by atoms with Crippen LogP contribution in [-0.4, -0.2) is 0 Å². The van der Waals surface area contributed by atoms with Crippen LogP contribution in [0.25, 0.3) is 0 Å². The summed E-state index contributed by atoms with van der Waals surface area (Å²) in [6.07, 6.45) is 18.1. The minimum Gasteiger partial charge on any atom is -0.204 e. The van der Waals surface area contributed by atoms with Crippen LogP contribution >= 0.6 is 0 Å². The van der Waals surface area contributed by atoms with Crippen LogP contribution in [0.5, 0.6) is 0 Å². The summed E-state index contributed by atoms with van der Waals surface area (Å²) < 4.78 is 40.0. The van der Waals surface area contributed by atoms with Crippen molar-refractivity contribution in [3.63, 3.8) is 0 Å². The molecule has 2 fully saturated rings. The molecule has 2 aliphatic carbocycles. The van der Waals surface area contributed by atoms with E-state index in [0.717, 1.165) is 43.9 Å². The predicted octanol–water partition coefficient (Wildman–Crippen LogP) is 7.93. The van der Waals surface area contributed by atoms with Crippen molar-refractivity contribution in [2.45, 2.75) is 83.5 Å². The molecule has 0 saturated heterocycles. The molecule has 2 aliphatic rings. The summed E-state index contributed by atoms with van der Waals surface area (Å²) in [7, 11) is 0. The summed E-state index contributed by atoms with van der Waals surface area (Å²) in [5.41, 5.74) is 0.618. The summed E-state index contributed by atoms with van der Waals surface area (Å²) in [5.74, 6) is -0.885. The maximum atomic E-state index is 13.4. The highest BCUT2D eigenvalue weighted by Crippen LogP contribution is 2.38. The lowest BCUT2D eigenvalue weighted by molar-refractivity contribution is 0.301. The Hall–Kier alpha value is -1.25. The predicted molar refractivity (Wildman–Crippen MR) is 105 cm³/mol. The van der Waals surface area contributed by atoms with Crippen molar-refractivity contribution in [1.29, 1.82) is 0 Å². The molecular formula is C24H33F3. The van der Waals surface area contributed by atoms with E-state index < -0.39 is 17.5 Å². The number of rotatable bonds is 6. The van der Waals surface area contributed by atoms with Crippen molar-refractivity contribution in [3.8, 4) is 0 Å². The Morgan fingerprint density at radius 3 is 2.04 bits per heavy atom. The molecule has 0 radical (unpaired) electrons. The summed E-state index contributed by atoms with van der Waals surface area (Å²) >= 11 is 0. The average Bonchev–Trinajstić information content (AvgIpc) is 2.70.